The molecule has 3 aromatic rings. The quantitative estimate of drug-likeness (QED) is 0.563. The normalized spacial score (nSPS) is 19.4. The average molecular weight is 433 g/mol. The fraction of sp³-hybridized carbons (Fsp3) is 0.360. The lowest BCUT2D eigenvalue weighted by Crippen LogP contribution is -2.51. The van der Waals surface area contributed by atoms with Crippen LogP contribution in [0.5, 0.6) is 0 Å². The number of para-hydroxylation sites is 1. The fourth-order valence-electron chi connectivity index (χ4n) is 4.29. The number of benzene rings is 1. The number of ether oxygens (including phenoxy) is 1. The van der Waals surface area contributed by atoms with Gasteiger partial charge in [-0.25, -0.2) is 9.48 Å². The molecule has 0 N–H and O–H groups in total. The Morgan fingerprint density at radius 2 is 1.78 bits per heavy atom. The topological polar surface area (TPSA) is 77.3 Å². The SMILES string of the molecule is C[C@@H]1CCC[C@H](C)N1C(=O)[C@@H](C)OC(=O)c1cn(-c2ccccc2)nc1-c1cccnc1. The van der Waals surface area contributed by atoms with Gasteiger partial charge in [-0.1, -0.05) is 18.2 Å². The van der Waals surface area contributed by atoms with E-state index in [9.17, 15) is 9.59 Å². The standard InChI is InChI=1S/C25H28N4O3/c1-17-9-7-10-18(2)29(17)24(30)19(3)32-25(31)22-16-28(21-12-5-4-6-13-21)27-23(22)20-11-8-14-26-15-20/h4-6,8,11-19H,7,9-10H2,1-3H3/t17-,18+,19-/m1/s1. The first-order valence-corrected chi connectivity index (χ1v) is 11.0. The van der Waals surface area contributed by atoms with Crippen molar-refractivity contribution in [2.24, 2.45) is 0 Å². The van der Waals surface area contributed by atoms with E-state index in [1.54, 1.807) is 36.3 Å². The van der Waals surface area contributed by atoms with Crippen molar-refractivity contribution >= 4 is 11.9 Å². The Labute approximate surface area is 188 Å². The zero-order valence-electron chi connectivity index (χ0n) is 18.6. The monoisotopic (exact) mass is 432 g/mol. The Balaban J connectivity index is 1.61. The molecule has 1 fully saturated rings. The van der Waals surface area contributed by atoms with Crippen LogP contribution in [0.25, 0.3) is 16.9 Å². The summed E-state index contributed by atoms with van der Waals surface area (Å²) < 4.78 is 7.29. The van der Waals surface area contributed by atoms with Gasteiger partial charge in [-0.05, 0) is 64.3 Å². The van der Waals surface area contributed by atoms with E-state index in [4.69, 9.17) is 4.74 Å². The Hall–Kier alpha value is -3.48. The summed E-state index contributed by atoms with van der Waals surface area (Å²) in [5, 5.41) is 4.62. The van der Waals surface area contributed by atoms with Gasteiger partial charge in [0.25, 0.3) is 5.91 Å². The van der Waals surface area contributed by atoms with E-state index in [1.165, 1.54) is 0 Å². The lowest BCUT2D eigenvalue weighted by Gasteiger charge is -2.40. The van der Waals surface area contributed by atoms with E-state index in [0.717, 1.165) is 24.9 Å². The Morgan fingerprint density at radius 1 is 1.06 bits per heavy atom. The van der Waals surface area contributed by atoms with Crippen molar-refractivity contribution in [1.82, 2.24) is 19.7 Å². The van der Waals surface area contributed by atoms with Gasteiger partial charge in [0, 0.05) is 36.2 Å². The second-order valence-electron chi connectivity index (χ2n) is 8.34. The highest BCUT2D eigenvalue weighted by Gasteiger charge is 2.34. The highest BCUT2D eigenvalue weighted by Crippen LogP contribution is 2.26. The summed E-state index contributed by atoms with van der Waals surface area (Å²) in [5.41, 5.74) is 2.27. The summed E-state index contributed by atoms with van der Waals surface area (Å²) in [7, 11) is 0. The van der Waals surface area contributed by atoms with Crippen LogP contribution in [0.15, 0.2) is 61.1 Å². The Morgan fingerprint density at radius 3 is 2.44 bits per heavy atom. The van der Waals surface area contributed by atoms with Gasteiger partial charge in [0.15, 0.2) is 6.10 Å². The number of likely N-dealkylation sites (tertiary alicyclic amines) is 1. The number of hydrogen-bond donors (Lipinski definition) is 0. The zero-order chi connectivity index (χ0) is 22.7. The maximum Gasteiger partial charge on any atom is 0.342 e. The molecule has 0 unspecified atom stereocenters. The highest BCUT2D eigenvalue weighted by molar-refractivity contribution is 5.97. The second kappa shape index (κ2) is 9.34. The molecule has 0 saturated carbocycles. The molecule has 0 aliphatic carbocycles. The minimum Gasteiger partial charge on any atom is -0.449 e. The van der Waals surface area contributed by atoms with Gasteiger partial charge < -0.3 is 9.64 Å². The maximum atomic E-state index is 13.2. The molecule has 7 heteroatoms. The highest BCUT2D eigenvalue weighted by atomic mass is 16.5. The molecule has 0 radical (unpaired) electrons. The number of carbonyl (C=O) groups excluding carboxylic acids is 2. The number of hydrogen-bond acceptors (Lipinski definition) is 5. The lowest BCUT2D eigenvalue weighted by molar-refractivity contribution is -0.146. The summed E-state index contributed by atoms with van der Waals surface area (Å²) in [6, 6.07) is 13.4. The predicted molar refractivity (Wildman–Crippen MR) is 121 cm³/mol. The third-order valence-electron chi connectivity index (χ3n) is 5.97. The van der Waals surface area contributed by atoms with Crippen molar-refractivity contribution in [3.8, 4) is 16.9 Å². The second-order valence-corrected chi connectivity index (χ2v) is 8.34. The van der Waals surface area contributed by atoms with E-state index >= 15 is 0 Å². The van der Waals surface area contributed by atoms with Crippen LogP contribution in [0.1, 0.15) is 50.4 Å². The number of esters is 1. The minimum atomic E-state index is -0.882. The van der Waals surface area contributed by atoms with Crippen LogP contribution in [-0.4, -0.2) is 49.7 Å². The molecule has 0 spiro atoms. The van der Waals surface area contributed by atoms with E-state index in [-0.39, 0.29) is 18.0 Å². The van der Waals surface area contributed by atoms with Gasteiger partial charge in [0.05, 0.1) is 5.69 Å². The van der Waals surface area contributed by atoms with Crippen LogP contribution in [0.2, 0.25) is 0 Å². The first-order valence-electron chi connectivity index (χ1n) is 11.0. The molecule has 1 aromatic carbocycles. The van der Waals surface area contributed by atoms with E-state index in [2.05, 4.69) is 10.1 Å². The molecule has 0 bridgehead atoms. The van der Waals surface area contributed by atoms with Gasteiger partial charge in [0.2, 0.25) is 0 Å². The fourth-order valence-corrected chi connectivity index (χ4v) is 4.29. The van der Waals surface area contributed by atoms with Gasteiger partial charge in [-0.3, -0.25) is 9.78 Å². The molecule has 1 aliphatic heterocycles. The van der Waals surface area contributed by atoms with Crippen LogP contribution >= 0.6 is 0 Å². The number of piperidine rings is 1. The van der Waals surface area contributed by atoms with Gasteiger partial charge >= 0.3 is 5.97 Å². The van der Waals surface area contributed by atoms with Crippen molar-refractivity contribution in [3.05, 3.63) is 66.6 Å². The van der Waals surface area contributed by atoms with Crippen molar-refractivity contribution in [2.75, 3.05) is 0 Å². The molecular formula is C25H28N4O3. The number of pyridine rings is 1. The van der Waals surface area contributed by atoms with E-state index < -0.39 is 12.1 Å². The molecule has 166 valence electrons. The third kappa shape index (κ3) is 4.42. The van der Waals surface area contributed by atoms with Crippen molar-refractivity contribution in [2.45, 2.75) is 58.2 Å². The molecule has 7 nitrogen and oxygen atoms in total. The predicted octanol–water partition coefficient (Wildman–Crippen LogP) is 4.27. The van der Waals surface area contributed by atoms with E-state index in [0.29, 0.717) is 16.8 Å². The summed E-state index contributed by atoms with van der Waals surface area (Å²) in [6.45, 7) is 5.73. The first-order chi connectivity index (χ1) is 15.5. The molecule has 1 saturated heterocycles. The number of carbonyl (C=O) groups is 2. The third-order valence-corrected chi connectivity index (χ3v) is 5.97. The van der Waals surface area contributed by atoms with Crippen molar-refractivity contribution in [1.29, 1.82) is 0 Å². The average Bonchev–Trinajstić information content (AvgIpc) is 3.26. The van der Waals surface area contributed by atoms with Gasteiger partial charge in [-0.2, -0.15) is 5.10 Å². The molecule has 3 heterocycles. The molecule has 2 aromatic heterocycles. The van der Waals surface area contributed by atoms with Crippen LogP contribution in [0.3, 0.4) is 0 Å². The van der Waals surface area contributed by atoms with Gasteiger partial charge in [0.1, 0.15) is 11.3 Å². The number of nitrogens with zero attached hydrogens (tertiary/aromatic N) is 4. The number of aromatic nitrogens is 3. The van der Waals surface area contributed by atoms with Crippen LogP contribution in [-0.2, 0) is 9.53 Å². The van der Waals surface area contributed by atoms with Crippen molar-refractivity contribution < 1.29 is 14.3 Å². The minimum absolute atomic E-state index is 0.138. The molecular weight excluding hydrogens is 404 g/mol. The zero-order valence-corrected chi connectivity index (χ0v) is 18.6. The van der Waals surface area contributed by atoms with Gasteiger partial charge in [-0.15, -0.1) is 0 Å². The van der Waals surface area contributed by atoms with E-state index in [1.807, 2.05) is 55.1 Å². The Kier molecular flexibility index (Phi) is 6.35. The smallest absolute Gasteiger partial charge is 0.342 e. The summed E-state index contributed by atoms with van der Waals surface area (Å²) in [4.78, 5) is 32.3. The lowest BCUT2D eigenvalue weighted by atomic mass is 9.97. The summed E-state index contributed by atoms with van der Waals surface area (Å²) in [5.74, 6) is -0.736. The summed E-state index contributed by atoms with van der Waals surface area (Å²) in [6.07, 6.45) is 7.11. The number of amides is 1. The first kappa shape index (κ1) is 21.7. The van der Waals surface area contributed by atoms with Crippen molar-refractivity contribution in [3.63, 3.8) is 0 Å². The van der Waals surface area contributed by atoms with Crippen LogP contribution in [0, 0.1) is 0 Å². The maximum absolute atomic E-state index is 13.2. The Bertz CT molecular complexity index is 1070. The molecule has 1 amide bonds. The molecule has 3 atom stereocenters. The number of rotatable bonds is 5. The largest absolute Gasteiger partial charge is 0.449 e. The summed E-state index contributed by atoms with van der Waals surface area (Å²) >= 11 is 0. The molecule has 4 rings (SSSR count). The molecule has 1 aliphatic rings. The molecule has 32 heavy (non-hydrogen) atoms. The van der Waals surface area contributed by atoms with Crippen LogP contribution < -0.4 is 0 Å². The van der Waals surface area contributed by atoms with Crippen LogP contribution in [0.4, 0.5) is 0 Å².